The average Bonchev–Trinajstić information content (AvgIpc) is 3.39. The van der Waals surface area contributed by atoms with Gasteiger partial charge in [0, 0.05) is 6.54 Å². The molecule has 1 fully saturated rings. The van der Waals surface area contributed by atoms with E-state index in [1.54, 1.807) is 13.8 Å². The Kier molecular flexibility index (Phi) is 15.7. The first-order valence-corrected chi connectivity index (χ1v) is 14.5. The van der Waals surface area contributed by atoms with Crippen molar-refractivity contribution in [2.45, 2.75) is 109 Å². The second-order valence-electron chi connectivity index (χ2n) is 11.2. The summed E-state index contributed by atoms with van der Waals surface area (Å²) in [6, 6.07) is -4.57. The Labute approximate surface area is 237 Å². The van der Waals surface area contributed by atoms with Gasteiger partial charge in [0.05, 0.1) is 6.04 Å². The monoisotopic (exact) mass is 569 g/mol. The van der Waals surface area contributed by atoms with Gasteiger partial charge >= 0.3 is 5.97 Å². The van der Waals surface area contributed by atoms with Crippen LogP contribution in [0.5, 0.6) is 0 Å². The van der Waals surface area contributed by atoms with E-state index in [-0.39, 0.29) is 30.6 Å². The van der Waals surface area contributed by atoms with Crippen LogP contribution < -0.4 is 33.2 Å². The van der Waals surface area contributed by atoms with Gasteiger partial charge in [0.1, 0.15) is 24.2 Å². The molecule has 13 heteroatoms. The lowest BCUT2D eigenvalue weighted by molar-refractivity contribution is -0.143. The fraction of sp³-hybridized carbons (Fsp3) is 0.815. The first kappa shape index (κ1) is 35.3. The second kappa shape index (κ2) is 17.8. The van der Waals surface area contributed by atoms with Gasteiger partial charge in [-0.15, -0.1) is 0 Å². The molecule has 0 radical (unpaired) electrons. The molecule has 0 spiro atoms. The van der Waals surface area contributed by atoms with Crippen LogP contribution in [0.3, 0.4) is 0 Å². The number of carboxylic acids is 1. The van der Waals surface area contributed by atoms with Crippen LogP contribution >= 0.6 is 0 Å². The summed E-state index contributed by atoms with van der Waals surface area (Å²) >= 11 is 0. The smallest absolute Gasteiger partial charge is 0.326 e. The van der Waals surface area contributed by atoms with E-state index in [2.05, 4.69) is 16.0 Å². The van der Waals surface area contributed by atoms with Crippen molar-refractivity contribution in [1.82, 2.24) is 20.9 Å². The number of nitrogens with zero attached hydrogens (tertiary/aromatic N) is 1. The predicted octanol–water partition coefficient (Wildman–Crippen LogP) is -0.586. The molecule has 1 saturated heterocycles. The molecule has 40 heavy (non-hydrogen) atoms. The van der Waals surface area contributed by atoms with Gasteiger partial charge in [-0.25, -0.2) is 4.79 Å². The molecule has 10 N–H and O–H groups in total. The van der Waals surface area contributed by atoms with Crippen LogP contribution in [0.4, 0.5) is 0 Å². The van der Waals surface area contributed by atoms with Crippen LogP contribution in [-0.4, -0.2) is 89.4 Å². The molecule has 4 amide bonds. The topological polar surface area (TPSA) is 223 Å². The minimum absolute atomic E-state index is 0.0906. The number of likely N-dealkylation sites (tertiary alicyclic amines) is 1. The van der Waals surface area contributed by atoms with Crippen molar-refractivity contribution in [3.63, 3.8) is 0 Å². The number of nitrogens with two attached hydrogens (primary N) is 3. The van der Waals surface area contributed by atoms with Gasteiger partial charge in [-0.3, -0.25) is 19.2 Å². The molecule has 13 nitrogen and oxygen atoms in total. The van der Waals surface area contributed by atoms with Gasteiger partial charge in [-0.05, 0) is 76.3 Å². The lowest BCUT2D eigenvalue weighted by Crippen LogP contribution is -2.59. The van der Waals surface area contributed by atoms with E-state index in [0.29, 0.717) is 58.2 Å². The van der Waals surface area contributed by atoms with Crippen molar-refractivity contribution >= 4 is 29.6 Å². The molecule has 1 rings (SSSR count). The number of unbranched alkanes of at least 4 members (excludes halogenated alkanes) is 2. The van der Waals surface area contributed by atoms with Crippen molar-refractivity contribution in [1.29, 1.82) is 0 Å². The first-order chi connectivity index (χ1) is 18.8. The third kappa shape index (κ3) is 11.0. The second-order valence-corrected chi connectivity index (χ2v) is 11.2. The number of hydrogen-bond acceptors (Lipinski definition) is 8. The molecule has 0 aromatic rings. The van der Waals surface area contributed by atoms with Crippen LogP contribution in [0.15, 0.2) is 0 Å². The maximum absolute atomic E-state index is 13.4. The molecule has 0 unspecified atom stereocenters. The molecule has 1 aliphatic rings. The molecule has 230 valence electrons. The maximum Gasteiger partial charge on any atom is 0.326 e. The van der Waals surface area contributed by atoms with Crippen LogP contribution in [0.1, 0.15) is 79.1 Å². The Hall–Kier alpha value is -2.77. The Morgan fingerprint density at radius 3 is 1.90 bits per heavy atom. The van der Waals surface area contributed by atoms with Crippen LogP contribution in [0.2, 0.25) is 0 Å². The fourth-order valence-corrected chi connectivity index (χ4v) is 4.61. The maximum atomic E-state index is 13.4. The van der Waals surface area contributed by atoms with Gasteiger partial charge in [-0.1, -0.05) is 27.7 Å². The van der Waals surface area contributed by atoms with Gasteiger partial charge in [0.2, 0.25) is 23.6 Å². The zero-order valence-electron chi connectivity index (χ0n) is 24.5. The number of hydrogen-bond donors (Lipinski definition) is 7. The summed E-state index contributed by atoms with van der Waals surface area (Å²) in [5.41, 5.74) is 17.2. The molecule has 0 aromatic heterocycles. The molecule has 1 aliphatic heterocycles. The summed E-state index contributed by atoms with van der Waals surface area (Å²) in [7, 11) is 0. The molecule has 0 aromatic carbocycles. The molecule has 0 aliphatic carbocycles. The lowest BCUT2D eigenvalue weighted by Gasteiger charge is -2.30. The third-order valence-corrected chi connectivity index (χ3v) is 7.23. The Balaban J connectivity index is 3.01. The minimum Gasteiger partial charge on any atom is -0.480 e. The minimum atomic E-state index is -1.17. The van der Waals surface area contributed by atoms with E-state index < -0.39 is 53.9 Å². The summed E-state index contributed by atoms with van der Waals surface area (Å²) in [6.07, 6.45) is 3.94. The molecule has 5 atom stereocenters. The van der Waals surface area contributed by atoms with E-state index in [1.807, 2.05) is 13.8 Å². The standard InChI is InChI=1S/C27H51N7O6/c1-16(2)21(30)26(38)34-15-9-12-20(34)24(36)31-18(10-5-7-13-28)23(35)33-22(17(3)4)25(37)32-19(27(39)40)11-6-8-14-29/h16-22H,5-15,28-30H2,1-4H3,(H,31,36)(H,32,37)(H,33,35)(H,39,40)/t18-,19-,20-,21-,22-/m0/s1. The van der Waals surface area contributed by atoms with Gasteiger partial charge < -0.3 is 43.2 Å². The predicted molar refractivity (Wildman–Crippen MR) is 152 cm³/mol. The molecule has 1 heterocycles. The Morgan fingerprint density at radius 2 is 1.40 bits per heavy atom. The normalized spacial score (nSPS) is 18.2. The van der Waals surface area contributed by atoms with Crippen LogP contribution in [0, 0.1) is 11.8 Å². The summed E-state index contributed by atoms with van der Waals surface area (Å²) in [5.74, 6) is -3.55. The van der Waals surface area contributed by atoms with E-state index >= 15 is 0 Å². The Morgan fingerprint density at radius 1 is 0.825 bits per heavy atom. The van der Waals surface area contributed by atoms with Crippen LogP contribution in [-0.2, 0) is 24.0 Å². The number of amides is 4. The van der Waals surface area contributed by atoms with Gasteiger partial charge in [0.15, 0.2) is 0 Å². The highest BCUT2D eigenvalue weighted by molar-refractivity contribution is 5.95. The number of aliphatic carboxylic acids is 1. The highest BCUT2D eigenvalue weighted by Crippen LogP contribution is 2.20. The molecule has 0 bridgehead atoms. The average molecular weight is 570 g/mol. The van der Waals surface area contributed by atoms with Gasteiger partial charge in [0.25, 0.3) is 0 Å². The van der Waals surface area contributed by atoms with E-state index in [4.69, 9.17) is 17.2 Å². The first-order valence-electron chi connectivity index (χ1n) is 14.5. The molecular formula is C27H51N7O6. The quantitative estimate of drug-likeness (QED) is 0.105. The summed E-state index contributed by atoms with van der Waals surface area (Å²) in [5, 5.41) is 17.5. The van der Waals surface area contributed by atoms with Crippen LogP contribution in [0.25, 0.3) is 0 Å². The lowest BCUT2D eigenvalue weighted by atomic mass is 10.0. The summed E-state index contributed by atoms with van der Waals surface area (Å²) in [6.45, 7) is 8.38. The number of carboxylic acid groups (broad SMARTS) is 1. The molecule has 0 saturated carbocycles. The highest BCUT2D eigenvalue weighted by atomic mass is 16.4. The van der Waals surface area contributed by atoms with Gasteiger partial charge in [-0.2, -0.15) is 0 Å². The molecular weight excluding hydrogens is 518 g/mol. The zero-order chi connectivity index (χ0) is 30.4. The van der Waals surface area contributed by atoms with Crippen molar-refractivity contribution < 1.29 is 29.1 Å². The number of nitrogens with one attached hydrogen (secondary N) is 3. The van der Waals surface area contributed by atoms with Crippen molar-refractivity contribution in [3.8, 4) is 0 Å². The van der Waals surface area contributed by atoms with E-state index in [9.17, 15) is 29.1 Å². The third-order valence-electron chi connectivity index (χ3n) is 7.23. The number of carbonyl (C=O) groups excluding carboxylic acids is 4. The van der Waals surface area contributed by atoms with E-state index in [0.717, 1.165) is 0 Å². The zero-order valence-corrected chi connectivity index (χ0v) is 24.5. The summed E-state index contributed by atoms with van der Waals surface area (Å²) < 4.78 is 0. The highest BCUT2D eigenvalue weighted by Gasteiger charge is 2.38. The summed E-state index contributed by atoms with van der Waals surface area (Å²) in [4.78, 5) is 65.8. The largest absolute Gasteiger partial charge is 0.480 e. The van der Waals surface area contributed by atoms with E-state index in [1.165, 1.54) is 4.90 Å². The number of rotatable bonds is 18. The van der Waals surface area contributed by atoms with Crippen molar-refractivity contribution in [2.24, 2.45) is 29.0 Å². The Bertz CT molecular complexity index is 853. The number of carbonyl (C=O) groups is 5. The fourth-order valence-electron chi connectivity index (χ4n) is 4.61. The van der Waals surface area contributed by atoms with Crippen molar-refractivity contribution in [3.05, 3.63) is 0 Å². The SMILES string of the molecule is CC(C)[C@H](N)C(=O)N1CCC[C@H]1C(=O)N[C@@H](CCCCN)C(=O)N[C@H](C(=O)N[C@@H](CCCCN)C(=O)O)C(C)C. The van der Waals surface area contributed by atoms with Crippen molar-refractivity contribution in [2.75, 3.05) is 19.6 Å².